The highest BCUT2D eigenvalue weighted by Crippen LogP contribution is 2.46. The third-order valence-corrected chi connectivity index (χ3v) is 10.9. The van der Waals surface area contributed by atoms with Gasteiger partial charge in [-0.3, -0.25) is 0 Å². The number of allylic oxidation sites excluding steroid dienone is 12. The minimum absolute atomic E-state index is 0.280. The van der Waals surface area contributed by atoms with Crippen LogP contribution in [-0.2, 0) is 0 Å². The monoisotopic (exact) mass is 622 g/mol. The van der Waals surface area contributed by atoms with Gasteiger partial charge in [-0.25, -0.2) is 0 Å². The Morgan fingerprint density at radius 2 is 1.40 bits per heavy atom. The van der Waals surface area contributed by atoms with E-state index in [0.717, 1.165) is 25.7 Å². The molecular formula is C46H42N2. The number of anilines is 1. The summed E-state index contributed by atoms with van der Waals surface area (Å²) in [6, 6.07) is 29.6. The van der Waals surface area contributed by atoms with Gasteiger partial charge in [-0.2, -0.15) is 0 Å². The number of hydrogen-bond donors (Lipinski definition) is 0. The second kappa shape index (κ2) is 12.5. The van der Waals surface area contributed by atoms with E-state index in [4.69, 9.17) is 0 Å². The number of hydrogen-bond acceptors (Lipinski definition) is 1. The van der Waals surface area contributed by atoms with E-state index in [0.29, 0.717) is 17.9 Å². The highest BCUT2D eigenvalue weighted by molar-refractivity contribution is 5.93. The molecule has 4 unspecified atom stereocenters. The molecule has 5 aliphatic carbocycles. The largest absolute Gasteiger partial charge is 0.336 e. The van der Waals surface area contributed by atoms with Crippen molar-refractivity contribution in [3.05, 3.63) is 180 Å². The minimum Gasteiger partial charge on any atom is -0.336 e. The highest BCUT2D eigenvalue weighted by Gasteiger charge is 2.33. The van der Waals surface area contributed by atoms with Crippen LogP contribution in [0.15, 0.2) is 157 Å². The third-order valence-electron chi connectivity index (χ3n) is 10.9. The number of nitrogens with zero attached hydrogens (tertiary/aromatic N) is 2. The molecule has 9 rings (SSSR count). The summed E-state index contributed by atoms with van der Waals surface area (Å²) in [5.74, 6) is 1.07. The minimum atomic E-state index is 0.280. The van der Waals surface area contributed by atoms with Crippen LogP contribution in [0.2, 0.25) is 0 Å². The van der Waals surface area contributed by atoms with Gasteiger partial charge in [0.15, 0.2) is 0 Å². The lowest BCUT2D eigenvalue weighted by Crippen LogP contribution is -2.33. The molecule has 236 valence electrons. The quantitative estimate of drug-likeness (QED) is 0.194. The number of fused-ring (bicyclic) bond motifs is 5. The van der Waals surface area contributed by atoms with E-state index in [1.807, 2.05) is 0 Å². The molecular weight excluding hydrogens is 581 g/mol. The number of aromatic nitrogens is 1. The van der Waals surface area contributed by atoms with Crippen LogP contribution < -0.4 is 4.90 Å². The second-order valence-corrected chi connectivity index (χ2v) is 13.8. The Hall–Kier alpha value is -5.08. The van der Waals surface area contributed by atoms with Gasteiger partial charge >= 0.3 is 0 Å². The van der Waals surface area contributed by atoms with Crippen LogP contribution in [0.4, 0.5) is 5.69 Å². The molecule has 1 aromatic heterocycles. The van der Waals surface area contributed by atoms with Gasteiger partial charge in [-0.1, -0.05) is 134 Å². The molecule has 0 aliphatic heterocycles. The van der Waals surface area contributed by atoms with Crippen molar-refractivity contribution in [3.8, 4) is 0 Å². The molecule has 48 heavy (non-hydrogen) atoms. The zero-order valence-electron chi connectivity index (χ0n) is 27.5. The van der Waals surface area contributed by atoms with E-state index in [2.05, 4.69) is 167 Å². The standard InChI is InChI=1S/C46H42N2/c1-3-11-33(12-4-1)34-19-26-39(27-20-34)47(38-14-5-2-6-15-38)40-28-21-35(22-29-40)36-23-30-41(31-24-36)48-45-18-10-9-17-43(45)44-32-25-37-13-7-8-16-42(37)46(44)48/h1,3-5,8-12,14-26,28-30,32,37,39,41-42H,2,6-7,13,27,31H2. The Morgan fingerprint density at radius 1 is 0.604 bits per heavy atom. The predicted molar refractivity (Wildman–Crippen MR) is 204 cm³/mol. The van der Waals surface area contributed by atoms with Crippen LogP contribution in [0.5, 0.6) is 0 Å². The molecule has 2 nitrogen and oxygen atoms in total. The van der Waals surface area contributed by atoms with Gasteiger partial charge in [0.05, 0.1) is 12.1 Å². The molecule has 0 N–H and O–H groups in total. The van der Waals surface area contributed by atoms with Gasteiger partial charge in [0.25, 0.3) is 0 Å². The van der Waals surface area contributed by atoms with Crippen molar-refractivity contribution in [3.63, 3.8) is 0 Å². The Bertz CT molecular complexity index is 2090. The molecule has 4 atom stereocenters. The number of para-hydroxylation sites is 1. The molecule has 2 heteroatoms. The van der Waals surface area contributed by atoms with Gasteiger partial charge in [0.1, 0.15) is 0 Å². The van der Waals surface area contributed by atoms with E-state index >= 15 is 0 Å². The topological polar surface area (TPSA) is 8.17 Å². The average molecular weight is 623 g/mol. The van der Waals surface area contributed by atoms with Gasteiger partial charge in [0.2, 0.25) is 0 Å². The van der Waals surface area contributed by atoms with Crippen LogP contribution in [-0.4, -0.2) is 10.6 Å². The molecule has 0 saturated carbocycles. The molecule has 5 aliphatic rings. The summed E-state index contributed by atoms with van der Waals surface area (Å²) in [7, 11) is 0. The summed E-state index contributed by atoms with van der Waals surface area (Å²) in [5, 5.41) is 1.38. The average Bonchev–Trinajstić information content (AvgIpc) is 3.51. The summed E-state index contributed by atoms with van der Waals surface area (Å²) in [5.41, 5.74) is 12.0. The first-order chi connectivity index (χ1) is 23.8. The fourth-order valence-electron chi connectivity index (χ4n) is 8.55. The number of rotatable bonds is 6. The molecule has 0 bridgehead atoms. The van der Waals surface area contributed by atoms with Crippen molar-refractivity contribution in [2.75, 3.05) is 4.90 Å². The summed E-state index contributed by atoms with van der Waals surface area (Å²) < 4.78 is 2.66. The van der Waals surface area contributed by atoms with Crippen molar-refractivity contribution < 1.29 is 0 Å². The molecule has 0 fully saturated rings. The summed E-state index contributed by atoms with van der Waals surface area (Å²) in [4.78, 5) is 2.52. The molecule has 0 radical (unpaired) electrons. The maximum absolute atomic E-state index is 2.66. The van der Waals surface area contributed by atoms with Crippen LogP contribution in [0, 0.1) is 5.92 Å². The highest BCUT2D eigenvalue weighted by atomic mass is 15.2. The third kappa shape index (κ3) is 5.21. The van der Waals surface area contributed by atoms with Gasteiger partial charge in [-0.15, -0.1) is 0 Å². The fraction of sp³-hybridized carbons (Fsp3) is 0.217. The SMILES string of the molecule is C1=CC(N(c2ccc(C3=CCC(n4c5c(c6ccccc64)C=CC4CCC=CC54)C=C3)cc2)C2C=CC(c3ccccc3)=CC2)=CCC1. The summed E-state index contributed by atoms with van der Waals surface area (Å²) >= 11 is 0. The Kier molecular flexibility index (Phi) is 7.58. The van der Waals surface area contributed by atoms with Gasteiger partial charge in [-0.05, 0) is 91.0 Å². The first kappa shape index (κ1) is 29.1. The second-order valence-electron chi connectivity index (χ2n) is 13.8. The van der Waals surface area contributed by atoms with Crippen LogP contribution in [0.25, 0.3) is 28.1 Å². The van der Waals surface area contributed by atoms with Crippen LogP contribution in [0.3, 0.4) is 0 Å². The smallest absolute Gasteiger partial charge is 0.0560 e. The maximum Gasteiger partial charge on any atom is 0.0560 e. The summed E-state index contributed by atoms with van der Waals surface area (Å²) in [6.45, 7) is 0. The lowest BCUT2D eigenvalue weighted by atomic mass is 9.77. The normalized spacial score (nSPS) is 24.1. The number of benzene rings is 3. The summed E-state index contributed by atoms with van der Waals surface area (Å²) in [6.07, 6.45) is 37.7. The van der Waals surface area contributed by atoms with Crippen molar-refractivity contribution in [1.29, 1.82) is 0 Å². The molecule has 0 spiro atoms. The lowest BCUT2D eigenvalue weighted by molar-refractivity contribution is 0.478. The van der Waals surface area contributed by atoms with Crippen molar-refractivity contribution in [2.45, 2.75) is 56.5 Å². The fourth-order valence-corrected chi connectivity index (χ4v) is 8.55. The van der Waals surface area contributed by atoms with E-state index in [9.17, 15) is 0 Å². The van der Waals surface area contributed by atoms with E-state index in [1.54, 1.807) is 0 Å². The molecule has 0 amide bonds. The maximum atomic E-state index is 2.66. The Morgan fingerprint density at radius 3 is 2.17 bits per heavy atom. The van der Waals surface area contributed by atoms with Gasteiger partial charge in [0, 0.05) is 39.5 Å². The first-order valence-electron chi connectivity index (χ1n) is 17.9. The van der Waals surface area contributed by atoms with Crippen molar-refractivity contribution in [2.24, 2.45) is 5.92 Å². The van der Waals surface area contributed by atoms with Crippen molar-refractivity contribution >= 4 is 33.8 Å². The lowest BCUT2D eigenvalue weighted by Gasteiger charge is -2.35. The molecule has 3 aromatic carbocycles. The van der Waals surface area contributed by atoms with E-state index in [1.165, 1.54) is 68.7 Å². The Labute approximate surface area is 284 Å². The van der Waals surface area contributed by atoms with Crippen LogP contribution >= 0.6 is 0 Å². The predicted octanol–water partition coefficient (Wildman–Crippen LogP) is 11.8. The van der Waals surface area contributed by atoms with Crippen LogP contribution in [0.1, 0.15) is 72.9 Å². The Balaban J connectivity index is 0.980. The zero-order valence-corrected chi connectivity index (χ0v) is 27.5. The molecule has 4 aromatic rings. The molecule has 1 heterocycles. The van der Waals surface area contributed by atoms with E-state index in [-0.39, 0.29) is 6.04 Å². The molecule has 0 saturated heterocycles. The van der Waals surface area contributed by atoms with Gasteiger partial charge < -0.3 is 9.47 Å². The zero-order chi connectivity index (χ0) is 31.9. The first-order valence-corrected chi connectivity index (χ1v) is 17.9. The van der Waals surface area contributed by atoms with E-state index < -0.39 is 0 Å². The van der Waals surface area contributed by atoms with Crippen molar-refractivity contribution in [1.82, 2.24) is 4.57 Å².